The third-order valence-electron chi connectivity index (χ3n) is 3.53. The fourth-order valence-corrected chi connectivity index (χ4v) is 2.42. The highest BCUT2D eigenvalue weighted by atomic mass is 79.9. The molecule has 0 saturated carbocycles. The number of carbonyl (C=O) groups excluding carboxylic acids is 1. The van der Waals surface area contributed by atoms with Crippen molar-refractivity contribution >= 4 is 27.5 Å². The highest BCUT2D eigenvalue weighted by molar-refractivity contribution is 9.10. The van der Waals surface area contributed by atoms with Gasteiger partial charge in [-0.2, -0.15) is 9.90 Å². The number of para-hydroxylation sites is 1. The van der Waals surface area contributed by atoms with Crippen molar-refractivity contribution in [1.82, 2.24) is 15.0 Å². The minimum absolute atomic E-state index is 0.200. The van der Waals surface area contributed by atoms with Gasteiger partial charge in [-0.05, 0) is 42.8 Å². The van der Waals surface area contributed by atoms with Crippen LogP contribution in [-0.2, 0) is 0 Å². The standard InChI is InChI=1S/C17H15BrN4O/c1-12-10-14(8-9-15(12)18)21(2)17(23)16-11-19-22(20-16)13-6-4-3-5-7-13/h3-11H,1-2H3. The Morgan fingerprint density at radius 1 is 1.17 bits per heavy atom. The lowest BCUT2D eigenvalue weighted by Crippen LogP contribution is -2.26. The lowest BCUT2D eigenvalue weighted by molar-refractivity contribution is 0.0988. The molecular weight excluding hydrogens is 356 g/mol. The second-order valence-electron chi connectivity index (χ2n) is 5.15. The van der Waals surface area contributed by atoms with Gasteiger partial charge in [-0.1, -0.05) is 34.1 Å². The van der Waals surface area contributed by atoms with Gasteiger partial charge in [-0.15, -0.1) is 5.10 Å². The smallest absolute Gasteiger partial charge is 0.280 e. The van der Waals surface area contributed by atoms with Crippen LogP contribution >= 0.6 is 15.9 Å². The van der Waals surface area contributed by atoms with E-state index in [1.165, 1.54) is 11.0 Å². The Balaban J connectivity index is 1.85. The van der Waals surface area contributed by atoms with Crippen LogP contribution in [0.5, 0.6) is 0 Å². The van der Waals surface area contributed by atoms with E-state index in [0.29, 0.717) is 5.69 Å². The summed E-state index contributed by atoms with van der Waals surface area (Å²) in [6, 6.07) is 15.2. The quantitative estimate of drug-likeness (QED) is 0.707. The topological polar surface area (TPSA) is 51.0 Å². The molecule has 0 aliphatic rings. The van der Waals surface area contributed by atoms with Crippen molar-refractivity contribution in [2.75, 3.05) is 11.9 Å². The number of rotatable bonds is 3. The molecule has 0 saturated heterocycles. The van der Waals surface area contributed by atoms with Crippen molar-refractivity contribution < 1.29 is 4.79 Å². The highest BCUT2D eigenvalue weighted by Crippen LogP contribution is 2.23. The molecule has 0 bridgehead atoms. The van der Waals surface area contributed by atoms with E-state index in [9.17, 15) is 4.79 Å². The van der Waals surface area contributed by atoms with Crippen LogP contribution in [0.1, 0.15) is 16.1 Å². The normalized spacial score (nSPS) is 10.6. The molecule has 6 heteroatoms. The molecule has 0 aliphatic carbocycles. The van der Waals surface area contributed by atoms with Gasteiger partial charge in [-0.3, -0.25) is 4.79 Å². The van der Waals surface area contributed by atoms with Crippen LogP contribution in [0.2, 0.25) is 0 Å². The van der Waals surface area contributed by atoms with E-state index in [4.69, 9.17) is 0 Å². The van der Waals surface area contributed by atoms with Gasteiger partial charge in [0.15, 0.2) is 5.69 Å². The van der Waals surface area contributed by atoms with E-state index in [-0.39, 0.29) is 5.91 Å². The lowest BCUT2D eigenvalue weighted by Gasteiger charge is -2.16. The minimum atomic E-state index is -0.200. The number of amides is 1. The first-order valence-electron chi connectivity index (χ1n) is 7.08. The molecule has 0 N–H and O–H groups in total. The van der Waals surface area contributed by atoms with Crippen molar-refractivity contribution in [3.63, 3.8) is 0 Å². The van der Waals surface area contributed by atoms with Crippen LogP contribution in [0.25, 0.3) is 5.69 Å². The van der Waals surface area contributed by atoms with Crippen molar-refractivity contribution in [2.45, 2.75) is 6.92 Å². The fourth-order valence-electron chi connectivity index (χ4n) is 2.17. The zero-order chi connectivity index (χ0) is 16.4. The largest absolute Gasteiger partial charge is 0.310 e. The Morgan fingerprint density at radius 2 is 1.91 bits per heavy atom. The number of aromatic nitrogens is 3. The number of halogens is 1. The number of anilines is 1. The van der Waals surface area contributed by atoms with Gasteiger partial charge < -0.3 is 4.90 Å². The second kappa shape index (κ2) is 6.34. The van der Waals surface area contributed by atoms with E-state index in [1.54, 1.807) is 11.9 Å². The number of carbonyl (C=O) groups is 1. The third-order valence-corrected chi connectivity index (χ3v) is 4.42. The van der Waals surface area contributed by atoms with E-state index in [1.807, 2.05) is 55.5 Å². The average molecular weight is 371 g/mol. The molecule has 3 rings (SSSR count). The molecule has 23 heavy (non-hydrogen) atoms. The summed E-state index contributed by atoms with van der Waals surface area (Å²) in [6.07, 6.45) is 1.48. The maximum Gasteiger partial charge on any atom is 0.280 e. The van der Waals surface area contributed by atoms with E-state index >= 15 is 0 Å². The van der Waals surface area contributed by atoms with Gasteiger partial charge in [0.1, 0.15) is 0 Å². The van der Waals surface area contributed by atoms with Crippen molar-refractivity contribution in [3.8, 4) is 5.69 Å². The van der Waals surface area contributed by atoms with Gasteiger partial charge in [-0.25, -0.2) is 0 Å². The zero-order valence-corrected chi connectivity index (χ0v) is 14.4. The predicted octanol–water partition coefficient (Wildman–Crippen LogP) is 3.61. The molecule has 1 amide bonds. The molecule has 1 heterocycles. The van der Waals surface area contributed by atoms with E-state index in [2.05, 4.69) is 26.1 Å². The van der Waals surface area contributed by atoms with Crippen LogP contribution in [0.3, 0.4) is 0 Å². The molecule has 5 nitrogen and oxygen atoms in total. The van der Waals surface area contributed by atoms with E-state index in [0.717, 1.165) is 21.4 Å². The average Bonchev–Trinajstić information content (AvgIpc) is 3.07. The Hall–Kier alpha value is -2.47. The second-order valence-corrected chi connectivity index (χ2v) is 6.01. The molecule has 0 radical (unpaired) electrons. The summed E-state index contributed by atoms with van der Waals surface area (Å²) in [5.41, 5.74) is 2.99. The van der Waals surface area contributed by atoms with Gasteiger partial charge in [0.2, 0.25) is 0 Å². The lowest BCUT2D eigenvalue weighted by atomic mass is 10.2. The molecule has 0 spiro atoms. The van der Waals surface area contributed by atoms with Crippen molar-refractivity contribution in [1.29, 1.82) is 0 Å². The number of nitrogens with zero attached hydrogens (tertiary/aromatic N) is 4. The van der Waals surface area contributed by atoms with Crippen LogP contribution in [0.4, 0.5) is 5.69 Å². The molecule has 0 unspecified atom stereocenters. The third kappa shape index (κ3) is 3.17. The number of aryl methyl sites for hydroxylation is 1. The van der Waals surface area contributed by atoms with Gasteiger partial charge >= 0.3 is 0 Å². The minimum Gasteiger partial charge on any atom is -0.310 e. The monoisotopic (exact) mass is 370 g/mol. The van der Waals surface area contributed by atoms with Gasteiger partial charge in [0, 0.05) is 17.2 Å². The van der Waals surface area contributed by atoms with E-state index < -0.39 is 0 Å². The molecule has 0 fully saturated rings. The Bertz CT molecular complexity index is 845. The maximum absolute atomic E-state index is 12.6. The number of benzene rings is 2. The predicted molar refractivity (Wildman–Crippen MR) is 93.0 cm³/mol. The van der Waals surface area contributed by atoms with Crippen LogP contribution in [-0.4, -0.2) is 27.9 Å². The summed E-state index contributed by atoms with van der Waals surface area (Å²) >= 11 is 3.46. The van der Waals surface area contributed by atoms with Crippen molar-refractivity contribution in [2.24, 2.45) is 0 Å². The van der Waals surface area contributed by atoms with Crippen LogP contribution < -0.4 is 4.90 Å². The van der Waals surface area contributed by atoms with Gasteiger partial charge in [0.05, 0.1) is 11.9 Å². The Labute approximate surface area is 142 Å². The van der Waals surface area contributed by atoms with Crippen LogP contribution in [0, 0.1) is 6.92 Å². The molecular formula is C17H15BrN4O. The summed E-state index contributed by atoms with van der Waals surface area (Å²) in [6.45, 7) is 1.98. The van der Waals surface area contributed by atoms with Crippen LogP contribution in [0.15, 0.2) is 59.2 Å². The molecule has 3 aromatic rings. The Kier molecular flexibility index (Phi) is 4.25. The first-order valence-corrected chi connectivity index (χ1v) is 7.87. The summed E-state index contributed by atoms with van der Waals surface area (Å²) in [5.74, 6) is -0.200. The number of hydrogen-bond donors (Lipinski definition) is 0. The molecule has 0 atom stereocenters. The molecule has 0 aliphatic heterocycles. The summed E-state index contributed by atoms with van der Waals surface area (Å²) in [5, 5.41) is 8.44. The first kappa shape index (κ1) is 15.4. The SMILES string of the molecule is Cc1cc(N(C)C(=O)c2cnn(-c3ccccc3)n2)ccc1Br. The maximum atomic E-state index is 12.6. The first-order chi connectivity index (χ1) is 11.1. The molecule has 1 aromatic heterocycles. The molecule has 116 valence electrons. The van der Waals surface area contributed by atoms with Gasteiger partial charge in [0.25, 0.3) is 5.91 Å². The fraction of sp³-hybridized carbons (Fsp3) is 0.118. The van der Waals surface area contributed by atoms with Crippen molar-refractivity contribution in [3.05, 3.63) is 70.5 Å². The highest BCUT2D eigenvalue weighted by Gasteiger charge is 2.18. The molecule has 2 aromatic carbocycles. The zero-order valence-electron chi connectivity index (χ0n) is 12.8. The summed E-state index contributed by atoms with van der Waals surface area (Å²) in [7, 11) is 1.73. The summed E-state index contributed by atoms with van der Waals surface area (Å²) in [4.78, 5) is 15.6. The summed E-state index contributed by atoms with van der Waals surface area (Å²) < 4.78 is 1.01. The number of hydrogen-bond acceptors (Lipinski definition) is 3. The Morgan fingerprint density at radius 3 is 2.61 bits per heavy atom.